The molecular formula is C18H19ClN2O4. The van der Waals surface area contributed by atoms with E-state index in [0.717, 1.165) is 0 Å². The number of benzene rings is 2. The van der Waals surface area contributed by atoms with Crippen molar-refractivity contribution in [2.75, 3.05) is 33.6 Å². The standard InChI is InChI=1S/C18H19ClN2O4/c1-21(2)18(23)13-7-6-12(10-14(13)19)20-17(22)11-5-8-15(24-3)16(9-11)25-4/h5-10H,1-4H3,(H,20,22). The second-order valence-corrected chi connectivity index (χ2v) is 5.83. The highest BCUT2D eigenvalue weighted by Crippen LogP contribution is 2.28. The molecule has 132 valence electrons. The molecule has 0 aliphatic heterocycles. The molecule has 0 unspecified atom stereocenters. The van der Waals surface area contributed by atoms with Crippen LogP contribution in [-0.2, 0) is 0 Å². The van der Waals surface area contributed by atoms with Gasteiger partial charge in [-0.15, -0.1) is 0 Å². The molecule has 0 aliphatic rings. The molecule has 6 nitrogen and oxygen atoms in total. The Balaban J connectivity index is 2.21. The number of halogens is 1. The van der Waals surface area contributed by atoms with Gasteiger partial charge in [-0.2, -0.15) is 0 Å². The molecule has 0 fully saturated rings. The summed E-state index contributed by atoms with van der Waals surface area (Å²) in [6.07, 6.45) is 0. The first-order chi connectivity index (χ1) is 11.9. The van der Waals surface area contributed by atoms with Gasteiger partial charge in [-0.05, 0) is 36.4 Å². The van der Waals surface area contributed by atoms with Crippen molar-refractivity contribution in [1.29, 1.82) is 0 Å². The van der Waals surface area contributed by atoms with Crippen molar-refractivity contribution in [3.05, 3.63) is 52.5 Å². The third-order valence-corrected chi connectivity index (χ3v) is 3.82. The van der Waals surface area contributed by atoms with Gasteiger partial charge in [0.05, 0.1) is 24.8 Å². The first kappa shape index (κ1) is 18.6. The Morgan fingerprint density at radius 3 is 2.24 bits per heavy atom. The average Bonchev–Trinajstić information content (AvgIpc) is 2.60. The zero-order chi connectivity index (χ0) is 18.6. The minimum Gasteiger partial charge on any atom is -0.493 e. The summed E-state index contributed by atoms with van der Waals surface area (Å²) < 4.78 is 10.3. The molecule has 2 aromatic carbocycles. The normalized spacial score (nSPS) is 10.1. The van der Waals surface area contributed by atoms with Crippen molar-refractivity contribution in [2.45, 2.75) is 0 Å². The maximum atomic E-state index is 12.4. The van der Waals surface area contributed by atoms with Crippen LogP contribution < -0.4 is 14.8 Å². The largest absolute Gasteiger partial charge is 0.493 e. The second kappa shape index (κ2) is 7.90. The van der Waals surface area contributed by atoms with Gasteiger partial charge in [0.25, 0.3) is 11.8 Å². The highest BCUT2D eigenvalue weighted by atomic mass is 35.5. The molecule has 25 heavy (non-hydrogen) atoms. The van der Waals surface area contributed by atoms with Crippen LogP contribution in [0.5, 0.6) is 11.5 Å². The van der Waals surface area contributed by atoms with Crippen molar-refractivity contribution in [3.63, 3.8) is 0 Å². The molecule has 0 aromatic heterocycles. The lowest BCUT2D eigenvalue weighted by molar-refractivity contribution is 0.0827. The number of ether oxygens (including phenoxy) is 2. The van der Waals surface area contributed by atoms with E-state index in [1.165, 1.54) is 25.2 Å². The molecule has 0 spiro atoms. The Hall–Kier alpha value is -2.73. The summed E-state index contributed by atoms with van der Waals surface area (Å²) in [5, 5.41) is 3.01. The molecule has 7 heteroatoms. The number of carbonyl (C=O) groups is 2. The number of hydrogen-bond acceptors (Lipinski definition) is 4. The summed E-state index contributed by atoms with van der Waals surface area (Å²) in [5.74, 6) is 0.459. The van der Waals surface area contributed by atoms with E-state index in [0.29, 0.717) is 28.3 Å². The van der Waals surface area contributed by atoms with Gasteiger partial charge in [0.2, 0.25) is 0 Å². The number of carbonyl (C=O) groups excluding carboxylic acids is 2. The molecular weight excluding hydrogens is 344 g/mol. The number of methoxy groups -OCH3 is 2. The quantitative estimate of drug-likeness (QED) is 0.886. The maximum Gasteiger partial charge on any atom is 0.255 e. The minimum atomic E-state index is -0.330. The van der Waals surface area contributed by atoms with Crippen molar-refractivity contribution in [3.8, 4) is 11.5 Å². The zero-order valence-corrected chi connectivity index (χ0v) is 15.2. The van der Waals surface area contributed by atoms with Gasteiger partial charge in [0.1, 0.15) is 0 Å². The Morgan fingerprint density at radius 1 is 1.00 bits per heavy atom. The van der Waals surface area contributed by atoms with Gasteiger partial charge in [0.15, 0.2) is 11.5 Å². The van der Waals surface area contributed by atoms with Crippen LogP contribution in [0.1, 0.15) is 20.7 Å². The fourth-order valence-corrected chi connectivity index (χ4v) is 2.45. The molecule has 0 radical (unpaired) electrons. The van der Waals surface area contributed by atoms with E-state index in [1.807, 2.05) is 0 Å². The third-order valence-electron chi connectivity index (χ3n) is 3.51. The van der Waals surface area contributed by atoms with Crippen LogP contribution in [0.25, 0.3) is 0 Å². The number of rotatable bonds is 5. The molecule has 2 aromatic rings. The van der Waals surface area contributed by atoms with Gasteiger partial charge in [0, 0.05) is 25.3 Å². The average molecular weight is 363 g/mol. The van der Waals surface area contributed by atoms with E-state index >= 15 is 0 Å². The van der Waals surface area contributed by atoms with E-state index in [1.54, 1.807) is 44.4 Å². The second-order valence-electron chi connectivity index (χ2n) is 5.42. The van der Waals surface area contributed by atoms with Gasteiger partial charge >= 0.3 is 0 Å². The lowest BCUT2D eigenvalue weighted by atomic mass is 10.1. The van der Waals surface area contributed by atoms with Crippen molar-refractivity contribution in [1.82, 2.24) is 4.90 Å². The molecule has 0 saturated heterocycles. The SMILES string of the molecule is COc1ccc(C(=O)Nc2ccc(C(=O)N(C)C)c(Cl)c2)cc1OC. The summed E-state index contributed by atoms with van der Waals surface area (Å²) in [6.45, 7) is 0. The number of hydrogen-bond donors (Lipinski definition) is 1. The van der Waals surface area contributed by atoms with Gasteiger partial charge < -0.3 is 19.7 Å². The first-order valence-corrected chi connectivity index (χ1v) is 7.79. The van der Waals surface area contributed by atoms with Crippen LogP contribution in [0.4, 0.5) is 5.69 Å². The fourth-order valence-electron chi connectivity index (χ4n) is 2.19. The maximum absolute atomic E-state index is 12.4. The number of nitrogens with zero attached hydrogens (tertiary/aromatic N) is 1. The van der Waals surface area contributed by atoms with Crippen molar-refractivity contribution in [2.24, 2.45) is 0 Å². The number of anilines is 1. The zero-order valence-electron chi connectivity index (χ0n) is 14.4. The Labute approximate surface area is 151 Å². The minimum absolute atomic E-state index is 0.206. The van der Waals surface area contributed by atoms with E-state index in [2.05, 4.69) is 5.32 Å². The summed E-state index contributed by atoms with van der Waals surface area (Å²) in [7, 11) is 6.31. The van der Waals surface area contributed by atoms with Gasteiger partial charge in [-0.25, -0.2) is 0 Å². The molecule has 2 rings (SSSR count). The molecule has 0 atom stereocenters. The van der Waals surface area contributed by atoms with Crippen LogP contribution in [0.15, 0.2) is 36.4 Å². The van der Waals surface area contributed by atoms with Crippen molar-refractivity contribution >= 4 is 29.1 Å². The van der Waals surface area contributed by atoms with Crippen LogP contribution in [0.2, 0.25) is 5.02 Å². The number of amides is 2. The smallest absolute Gasteiger partial charge is 0.255 e. The van der Waals surface area contributed by atoms with Crippen LogP contribution in [0, 0.1) is 0 Å². The monoisotopic (exact) mass is 362 g/mol. The van der Waals surface area contributed by atoms with E-state index < -0.39 is 0 Å². The summed E-state index contributed by atoms with van der Waals surface area (Å²) in [5.41, 5.74) is 1.26. The van der Waals surface area contributed by atoms with E-state index in [4.69, 9.17) is 21.1 Å². The topological polar surface area (TPSA) is 67.9 Å². The first-order valence-electron chi connectivity index (χ1n) is 7.42. The predicted octanol–water partition coefficient (Wildman–Crippen LogP) is 3.31. The summed E-state index contributed by atoms with van der Waals surface area (Å²) >= 11 is 6.15. The van der Waals surface area contributed by atoms with E-state index in [9.17, 15) is 9.59 Å². The van der Waals surface area contributed by atoms with Crippen molar-refractivity contribution < 1.29 is 19.1 Å². The predicted molar refractivity (Wildman–Crippen MR) is 97.0 cm³/mol. The molecule has 2 amide bonds. The lowest BCUT2D eigenvalue weighted by Gasteiger charge is -2.13. The van der Waals surface area contributed by atoms with Gasteiger partial charge in [-0.1, -0.05) is 11.6 Å². The molecule has 1 N–H and O–H groups in total. The fraction of sp³-hybridized carbons (Fsp3) is 0.222. The van der Waals surface area contributed by atoms with Crippen LogP contribution in [-0.4, -0.2) is 45.0 Å². The van der Waals surface area contributed by atoms with Crippen LogP contribution >= 0.6 is 11.6 Å². The Bertz CT molecular complexity index is 806. The van der Waals surface area contributed by atoms with Gasteiger partial charge in [-0.3, -0.25) is 9.59 Å². The Morgan fingerprint density at radius 2 is 1.68 bits per heavy atom. The Kier molecular flexibility index (Phi) is 5.88. The third kappa shape index (κ3) is 4.22. The number of nitrogens with one attached hydrogen (secondary N) is 1. The van der Waals surface area contributed by atoms with Crippen LogP contribution in [0.3, 0.4) is 0 Å². The highest BCUT2D eigenvalue weighted by Gasteiger charge is 2.15. The highest BCUT2D eigenvalue weighted by molar-refractivity contribution is 6.34. The molecule has 0 aliphatic carbocycles. The lowest BCUT2D eigenvalue weighted by Crippen LogP contribution is -2.22. The summed E-state index contributed by atoms with van der Waals surface area (Å²) in [6, 6.07) is 9.61. The molecule has 0 heterocycles. The summed E-state index contributed by atoms with van der Waals surface area (Å²) in [4.78, 5) is 25.8. The molecule has 0 saturated carbocycles. The molecule has 0 bridgehead atoms. The van der Waals surface area contributed by atoms with E-state index in [-0.39, 0.29) is 16.8 Å².